The van der Waals surface area contributed by atoms with Gasteiger partial charge < -0.3 is 10.2 Å². The van der Waals surface area contributed by atoms with Crippen LogP contribution in [0.5, 0.6) is 0 Å². The number of pyridine rings is 1. The first-order valence-electron chi connectivity index (χ1n) is 9.09. The lowest BCUT2D eigenvalue weighted by Gasteiger charge is -2.18. The van der Waals surface area contributed by atoms with E-state index in [1.54, 1.807) is 12.1 Å². The highest BCUT2D eigenvalue weighted by Crippen LogP contribution is 2.32. The number of aromatic nitrogens is 3. The molecule has 0 aliphatic carbocycles. The van der Waals surface area contributed by atoms with Crippen LogP contribution in [0.2, 0.25) is 20.2 Å². The molecule has 1 aromatic carbocycles. The Morgan fingerprint density at radius 2 is 1.88 bits per heavy atom. The first-order chi connectivity index (χ1) is 15.5. The molecule has 33 heavy (non-hydrogen) atoms. The van der Waals surface area contributed by atoms with Crippen molar-refractivity contribution in [2.45, 2.75) is 19.4 Å². The zero-order valence-corrected chi connectivity index (χ0v) is 20.0. The second-order valence-electron chi connectivity index (χ2n) is 7.07. The molecule has 2 aromatic heterocycles. The van der Waals surface area contributed by atoms with E-state index in [0.29, 0.717) is 0 Å². The molecule has 0 bridgehead atoms. The van der Waals surface area contributed by atoms with Crippen LogP contribution in [0.3, 0.4) is 0 Å². The van der Waals surface area contributed by atoms with E-state index in [-0.39, 0.29) is 43.0 Å². The molecule has 0 saturated carbocycles. The highest BCUT2D eigenvalue weighted by Gasteiger charge is 2.25. The molecule has 0 atom stereocenters. The molecule has 0 unspecified atom stereocenters. The topological polar surface area (TPSA) is 122 Å². The van der Waals surface area contributed by atoms with Crippen LogP contribution in [0.1, 0.15) is 34.7 Å². The van der Waals surface area contributed by atoms with Crippen molar-refractivity contribution >= 4 is 64.0 Å². The molecule has 2 heterocycles. The minimum atomic E-state index is -1.16. The third kappa shape index (κ3) is 5.74. The molecule has 0 spiro atoms. The Balaban J connectivity index is 1.97. The van der Waals surface area contributed by atoms with Gasteiger partial charge in [-0.2, -0.15) is 10.4 Å². The highest BCUT2D eigenvalue weighted by molar-refractivity contribution is 6.38. The lowest BCUT2D eigenvalue weighted by atomic mass is 10.1. The SMILES string of the molecule is CC(C)(C#N)NOC(=O)c1cc(Cl)cc(Cl)c1NC(=O)c1cc(Cl)nn1-c1ncccc1Cl. The van der Waals surface area contributed by atoms with Crippen molar-refractivity contribution in [3.63, 3.8) is 0 Å². The van der Waals surface area contributed by atoms with E-state index in [0.717, 1.165) is 4.68 Å². The van der Waals surface area contributed by atoms with Crippen molar-refractivity contribution in [1.82, 2.24) is 20.2 Å². The van der Waals surface area contributed by atoms with E-state index in [1.807, 2.05) is 6.07 Å². The van der Waals surface area contributed by atoms with Crippen molar-refractivity contribution in [3.8, 4) is 11.9 Å². The smallest absolute Gasteiger partial charge is 0.359 e. The number of benzene rings is 1. The van der Waals surface area contributed by atoms with E-state index >= 15 is 0 Å². The minimum Gasteiger partial charge on any atom is -0.365 e. The number of carbonyl (C=O) groups excluding carboxylic acids is 2. The van der Waals surface area contributed by atoms with E-state index in [4.69, 9.17) is 56.5 Å². The summed E-state index contributed by atoms with van der Waals surface area (Å²) in [7, 11) is 0. The predicted octanol–water partition coefficient (Wildman–Crippen LogP) is 5.10. The molecular formula is C20H14Cl4N6O3. The fourth-order valence-electron chi connectivity index (χ4n) is 2.50. The third-order valence-electron chi connectivity index (χ3n) is 4.04. The number of anilines is 1. The predicted molar refractivity (Wildman–Crippen MR) is 124 cm³/mol. The zero-order chi connectivity index (χ0) is 24.3. The van der Waals surface area contributed by atoms with Crippen molar-refractivity contribution in [1.29, 1.82) is 5.26 Å². The molecule has 0 aliphatic rings. The Hall–Kier alpha value is -2.87. The van der Waals surface area contributed by atoms with Gasteiger partial charge in [0.1, 0.15) is 11.2 Å². The summed E-state index contributed by atoms with van der Waals surface area (Å²) < 4.78 is 1.15. The Kier molecular flexibility index (Phi) is 7.47. The number of hydroxylamine groups is 1. The molecule has 3 aromatic rings. The van der Waals surface area contributed by atoms with Crippen LogP contribution in [0.15, 0.2) is 36.5 Å². The molecule has 0 saturated heterocycles. The van der Waals surface area contributed by atoms with Gasteiger partial charge in [-0.15, -0.1) is 5.48 Å². The standard InChI is InChI=1S/C20H14Cl4N6O3/c1-20(2,9-25)29-33-19(32)11-6-10(21)7-13(23)16(11)27-18(31)14-8-15(24)28-30(14)17-12(22)4-3-5-26-17/h3-8,29H,1-2H3,(H,27,31). The van der Waals surface area contributed by atoms with Crippen molar-refractivity contribution in [2.75, 3.05) is 5.32 Å². The molecule has 3 rings (SSSR count). The lowest BCUT2D eigenvalue weighted by molar-refractivity contribution is 0.0105. The number of nitrogens with zero attached hydrogens (tertiary/aromatic N) is 4. The van der Waals surface area contributed by atoms with Gasteiger partial charge in [0.25, 0.3) is 5.91 Å². The van der Waals surface area contributed by atoms with Crippen molar-refractivity contribution in [3.05, 3.63) is 68.0 Å². The molecule has 0 fully saturated rings. The van der Waals surface area contributed by atoms with Gasteiger partial charge >= 0.3 is 5.97 Å². The Labute approximate surface area is 208 Å². The molecular weight excluding hydrogens is 514 g/mol. The molecule has 13 heteroatoms. The number of hydrogen-bond donors (Lipinski definition) is 2. The normalized spacial score (nSPS) is 11.1. The first kappa shape index (κ1) is 24.8. The Morgan fingerprint density at radius 1 is 1.15 bits per heavy atom. The quantitative estimate of drug-likeness (QED) is 0.427. The molecule has 2 N–H and O–H groups in total. The highest BCUT2D eigenvalue weighted by atomic mass is 35.5. The molecule has 9 nitrogen and oxygen atoms in total. The van der Waals surface area contributed by atoms with Crippen LogP contribution in [0.4, 0.5) is 5.69 Å². The van der Waals surface area contributed by atoms with Gasteiger partial charge in [-0.05, 0) is 38.1 Å². The average Bonchev–Trinajstić information content (AvgIpc) is 3.15. The zero-order valence-electron chi connectivity index (χ0n) is 17.0. The molecule has 170 valence electrons. The number of nitrogens with one attached hydrogen (secondary N) is 2. The minimum absolute atomic E-state index is 0.00615. The van der Waals surface area contributed by atoms with Crippen LogP contribution in [-0.2, 0) is 4.84 Å². The van der Waals surface area contributed by atoms with E-state index in [9.17, 15) is 9.59 Å². The van der Waals surface area contributed by atoms with Crippen LogP contribution in [0, 0.1) is 11.3 Å². The maximum Gasteiger partial charge on any atom is 0.359 e. The molecule has 0 aliphatic heterocycles. The second kappa shape index (κ2) is 9.95. The maximum atomic E-state index is 13.1. The van der Waals surface area contributed by atoms with Crippen molar-refractivity contribution < 1.29 is 14.4 Å². The maximum absolute atomic E-state index is 13.1. The van der Waals surface area contributed by atoms with E-state index in [1.165, 1.54) is 38.2 Å². The molecule has 0 radical (unpaired) electrons. The van der Waals surface area contributed by atoms with Crippen LogP contribution in [0.25, 0.3) is 5.82 Å². The van der Waals surface area contributed by atoms with Gasteiger partial charge in [0.2, 0.25) is 0 Å². The number of halogens is 4. The fourth-order valence-corrected chi connectivity index (χ4v) is 3.42. The number of rotatable bonds is 6. The summed E-state index contributed by atoms with van der Waals surface area (Å²) in [6, 6.07) is 8.99. The van der Waals surface area contributed by atoms with Crippen molar-refractivity contribution in [2.24, 2.45) is 0 Å². The van der Waals surface area contributed by atoms with Gasteiger partial charge in [0.05, 0.1) is 27.4 Å². The number of carbonyl (C=O) groups is 2. The first-order valence-corrected chi connectivity index (χ1v) is 10.6. The van der Waals surface area contributed by atoms with Gasteiger partial charge in [-0.3, -0.25) is 4.79 Å². The lowest BCUT2D eigenvalue weighted by Crippen LogP contribution is -2.39. The summed E-state index contributed by atoms with van der Waals surface area (Å²) in [6.45, 7) is 3.00. The number of nitriles is 1. The number of hydrogen-bond acceptors (Lipinski definition) is 7. The average molecular weight is 528 g/mol. The van der Waals surface area contributed by atoms with Crippen LogP contribution >= 0.6 is 46.4 Å². The second-order valence-corrected chi connectivity index (χ2v) is 8.70. The molecule has 1 amide bonds. The van der Waals surface area contributed by atoms with Gasteiger partial charge in [0.15, 0.2) is 11.0 Å². The van der Waals surface area contributed by atoms with Crippen LogP contribution < -0.4 is 10.8 Å². The van der Waals surface area contributed by atoms with Gasteiger partial charge in [-0.25, -0.2) is 14.5 Å². The summed E-state index contributed by atoms with van der Waals surface area (Å²) in [5.41, 5.74) is 0.904. The Morgan fingerprint density at radius 3 is 2.55 bits per heavy atom. The monoisotopic (exact) mass is 526 g/mol. The van der Waals surface area contributed by atoms with Crippen LogP contribution in [-0.4, -0.2) is 32.2 Å². The largest absolute Gasteiger partial charge is 0.365 e. The Bertz CT molecular complexity index is 1290. The number of amides is 1. The summed E-state index contributed by atoms with van der Waals surface area (Å²) in [4.78, 5) is 34.9. The summed E-state index contributed by atoms with van der Waals surface area (Å²) in [5.74, 6) is -1.49. The van der Waals surface area contributed by atoms with E-state index in [2.05, 4.69) is 20.9 Å². The van der Waals surface area contributed by atoms with Gasteiger partial charge in [-0.1, -0.05) is 46.4 Å². The van der Waals surface area contributed by atoms with Gasteiger partial charge in [0, 0.05) is 17.3 Å². The third-order valence-corrected chi connectivity index (χ3v) is 5.04. The summed E-state index contributed by atoms with van der Waals surface area (Å²) in [6.07, 6.45) is 1.47. The fraction of sp³-hybridized carbons (Fsp3) is 0.150. The summed E-state index contributed by atoms with van der Waals surface area (Å²) >= 11 is 24.5. The van der Waals surface area contributed by atoms with E-state index < -0.39 is 17.4 Å². The summed E-state index contributed by atoms with van der Waals surface area (Å²) in [5, 5.41) is 16.0.